The number of ether oxygens (including phenoxy) is 4. The van der Waals surface area contributed by atoms with Crippen LogP contribution >= 0.6 is 36.8 Å². The van der Waals surface area contributed by atoms with Gasteiger partial charge >= 0.3 is 39.1 Å². The molecule has 0 aromatic carbocycles. The number of rotatable bonds is 73. The van der Waals surface area contributed by atoms with E-state index in [1.165, 1.54) is 201 Å². The Bertz CT molecular complexity index is 1790. The van der Waals surface area contributed by atoms with Crippen LogP contribution in [0.25, 0.3) is 0 Å². The zero-order valence-electron chi connectivity index (χ0n) is 59.9. The maximum Gasteiger partial charge on any atom is 0.330 e. The summed E-state index contributed by atoms with van der Waals surface area (Å²) in [7, 11) is -5.75. The van der Waals surface area contributed by atoms with Crippen LogP contribution in [0, 0.1) is 0 Å². The first kappa shape index (κ1) is 91.8. The molecule has 0 radical (unpaired) electrons. The van der Waals surface area contributed by atoms with Gasteiger partial charge in [0.05, 0.1) is 25.5 Å². The summed E-state index contributed by atoms with van der Waals surface area (Å²) in [6.45, 7) is 7.08. The van der Waals surface area contributed by atoms with Gasteiger partial charge in [0, 0.05) is 63.1 Å². The summed E-state index contributed by atoms with van der Waals surface area (Å²) in [6.07, 6.45) is 48.4. The molecule has 94 heavy (non-hydrogen) atoms. The van der Waals surface area contributed by atoms with Gasteiger partial charge in [0.2, 0.25) is 11.8 Å². The fraction of sp³-hybridized carbons (Fsp3) is 0.917. The minimum absolute atomic E-state index is 0.106. The van der Waals surface area contributed by atoms with Gasteiger partial charge in [-0.25, -0.2) is 0 Å². The quantitative estimate of drug-likeness (QED) is 0.0145. The molecule has 18 nitrogen and oxygen atoms in total. The van der Waals surface area contributed by atoms with Crippen LogP contribution in [-0.4, -0.2) is 121 Å². The van der Waals surface area contributed by atoms with E-state index in [2.05, 4.69) is 38.3 Å². The van der Waals surface area contributed by atoms with Crippen molar-refractivity contribution in [2.45, 2.75) is 361 Å². The summed E-state index contributed by atoms with van der Waals surface area (Å²) in [5.74, 6) is -1.73. The number of hydrogen-bond acceptors (Lipinski definition) is 16. The van der Waals surface area contributed by atoms with E-state index in [1.54, 1.807) is 0 Å². The molecule has 0 heterocycles. The molecular weight excluding hydrogens is 1270 g/mol. The van der Waals surface area contributed by atoms with Crippen molar-refractivity contribution < 1.29 is 75.7 Å². The number of amides is 2. The van der Waals surface area contributed by atoms with E-state index in [0.29, 0.717) is 37.2 Å². The molecule has 0 aromatic rings. The molecule has 0 aliphatic carbocycles. The van der Waals surface area contributed by atoms with Crippen LogP contribution < -0.4 is 10.6 Å². The standard InChI is InChI=1S/C72H138N2O16P2S2/c1-5-9-13-17-21-25-29-33-37-41-45-49-69(77)85-61-65(89-71(79)51-47-43-39-35-31-27-23-19-15-11-7-3)63-87-91(81,82)57-55-73-67(75)53-59-93-94-60-54-68(76)74-56-58-92(83,84)88-64-66(90-72(80)52-48-44-40-36-32-28-24-20-16-12-8-4)62-86-70(78)50-46-42-38-34-30-26-22-18-14-10-6-2/h65-66H,5-64H2,1-4H3,(H,73,75)(H,74,76)(H,81,82)(H,83,84). The molecule has 554 valence electrons. The maximum atomic E-state index is 13.1. The smallest absolute Gasteiger partial charge is 0.330 e. The molecule has 0 bridgehead atoms. The third-order valence-corrected chi connectivity index (χ3v) is 21.8. The fourth-order valence-corrected chi connectivity index (χ4v) is 14.6. The van der Waals surface area contributed by atoms with Crippen molar-refractivity contribution in [1.29, 1.82) is 0 Å². The Kier molecular flexibility index (Phi) is 66.4. The molecule has 0 aliphatic rings. The predicted molar refractivity (Wildman–Crippen MR) is 387 cm³/mol. The van der Waals surface area contributed by atoms with Crippen molar-refractivity contribution in [3.8, 4) is 0 Å². The second-order valence-electron chi connectivity index (χ2n) is 25.9. The highest BCUT2D eigenvalue weighted by Crippen LogP contribution is 2.42. The van der Waals surface area contributed by atoms with Crippen LogP contribution in [-0.2, 0) is 65.9 Å². The lowest BCUT2D eigenvalue weighted by atomic mass is 10.1. The van der Waals surface area contributed by atoms with Gasteiger partial charge in [-0.2, -0.15) is 0 Å². The van der Waals surface area contributed by atoms with E-state index in [-0.39, 0.29) is 76.6 Å². The first-order valence-corrected chi connectivity index (χ1v) is 44.0. The Labute approximate surface area is 580 Å². The van der Waals surface area contributed by atoms with Crippen molar-refractivity contribution in [1.82, 2.24) is 10.6 Å². The number of carbonyl (C=O) groups excluding carboxylic acids is 6. The number of nitrogens with one attached hydrogen (secondary N) is 2. The zero-order valence-corrected chi connectivity index (χ0v) is 63.3. The highest BCUT2D eigenvalue weighted by molar-refractivity contribution is 8.76. The minimum atomic E-state index is -4.25. The van der Waals surface area contributed by atoms with E-state index in [9.17, 15) is 47.7 Å². The molecule has 2 amide bonds. The number of hydrogen-bond donors (Lipinski definition) is 4. The molecule has 0 spiro atoms. The predicted octanol–water partition coefficient (Wildman–Crippen LogP) is 19.5. The number of carbonyl (C=O) groups is 6. The largest absolute Gasteiger partial charge is 0.462 e. The Hall–Kier alpha value is -2.18. The summed E-state index contributed by atoms with van der Waals surface area (Å²) in [4.78, 5) is 97.7. The SMILES string of the molecule is CCCCCCCCCCCCCC(=O)OCC(COP(=O)(O)CCNC(=O)CCSSCCC(=O)NCCP(=O)(O)OCC(COC(=O)CCCCCCCCCCCCC)OC(=O)CCCCCCCCCCCCC)OC(=O)CCCCCCCCCCCCC. The molecule has 0 saturated carbocycles. The number of unbranched alkanes of at least 4 members (excludes halogenated alkanes) is 40. The molecule has 4 N–H and O–H groups in total. The van der Waals surface area contributed by atoms with Gasteiger partial charge in [0.25, 0.3) is 0 Å². The third kappa shape index (κ3) is 67.0. The highest BCUT2D eigenvalue weighted by atomic mass is 33.1. The zero-order chi connectivity index (χ0) is 69.1. The normalized spacial score (nSPS) is 13.4. The van der Waals surface area contributed by atoms with Crippen LogP contribution in [0.2, 0.25) is 0 Å². The second kappa shape index (κ2) is 68.0. The average molecular weight is 1410 g/mol. The second-order valence-corrected chi connectivity index (χ2v) is 32.6. The first-order valence-electron chi connectivity index (χ1n) is 38.0. The van der Waals surface area contributed by atoms with Gasteiger partial charge in [-0.05, 0) is 25.7 Å². The van der Waals surface area contributed by atoms with Crippen LogP contribution in [0.4, 0.5) is 0 Å². The van der Waals surface area contributed by atoms with Crippen molar-refractivity contribution in [3.63, 3.8) is 0 Å². The highest BCUT2D eigenvalue weighted by Gasteiger charge is 2.27. The molecular formula is C72H138N2O16P2S2. The summed E-state index contributed by atoms with van der Waals surface area (Å²) in [6, 6.07) is 0. The molecule has 0 aliphatic heterocycles. The molecule has 4 atom stereocenters. The number of esters is 4. The lowest BCUT2D eigenvalue weighted by Crippen LogP contribution is -2.30. The van der Waals surface area contributed by atoms with E-state index in [0.717, 1.165) is 77.0 Å². The molecule has 0 saturated heterocycles. The van der Waals surface area contributed by atoms with Gasteiger partial charge in [0.15, 0.2) is 12.2 Å². The van der Waals surface area contributed by atoms with Gasteiger partial charge in [-0.3, -0.25) is 37.9 Å². The lowest BCUT2D eigenvalue weighted by molar-refractivity contribution is -0.161. The van der Waals surface area contributed by atoms with E-state index in [1.807, 2.05) is 0 Å². The Balaban J connectivity index is 4.84. The minimum Gasteiger partial charge on any atom is -0.462 e. The molecule has 0 fully saturated rings. The summed E-state index contributed by atoms with van der Waals surface area (Å²) < 4.78 is 59.0. The van der Waals surface area contributed by atoms with Gasteiger partial charge in [-0.1, -0.05) is 306 Å². The molecule has 0 aromatic heterocycles. The monoisotopic (exact) mass is 1410 g/mol. The molecule has 22 heteroatoms. The van der Waals surface area contributed by atoms with Crippen LogP contribution in [0.3, 0.4) is 0 Å². The van der Waals surface area contributed by atoms with Crippen molar-refractivity contribution in [3.05, 3.63) is 0 Å². The lowest BCUT2D eigenvalue weighted by Gasteiger charge is -2.20. The van der Waals surface area contributed by atoms with Crippen molar-refractivity contribution in [2.75, 3.05) is 63.3 Å². The third-order valence-electron chi connectivity index (χ3n) is 16.7. The fourth-order valence-electron chi connectivity index (χ4n) is 10.7. The van der Waals surface area contributed by atoms with Gasteiger partial charge < -0.3 is 48.4 Å². The van der Waals surface area contributed by atoms with Crippen LogP contribution in [0.5, 0.6) is 0 Å². The summed E-state index contributed by atoms with van der Waals surface area (Å²) in [5, 5.41) is 5.26. The van der Waals surface area contributed by atoms with Gasteiger partial charge in [-0.15, -0.1) is 0 Å². The van der Waals surface area contributed by atoms with Crippen molar-refractivity contribution in [2.24, 2.45) is 0 Å². The van der Waals surface area contributed by atoms with Crippen LogP contribution in [0.1, 0.15) is 349 Å². The van der Waals surface area contributed by atoms with Gasteiger partial charge in [0.1, 0.15) is 13.2 Å². The van der Waals surface area contributed by atoms with Crippen molar-refractivity contribution >= 4 is 72.5 Å². The Morgan fingerprint density at radius 3 is 0.787 bits per heavy atom. The molecule has 4 unspecified atom stereocenters. The summed E-state index contributed by atoms with van der Waals surface area (Å²) >= 11 is 0. The summed E-state index contributed by atoms with van der Waals surface area (Å²) in [5.41, 5.74) is 0. The van der Waals surface area contributed by atoms with E-state index in [4.69, 9.17) is 28.0 Å². The Morgan fingerprint density at radius 2 is 0.543 bits per heavy atom. The van der Waals surface area contributed by atoms with E-state index >= 15 is 0 Å². The van der Waals surface area contributed by atoms with Crippen LogP contribution in [0.15, 0.2) is 0 Å². The topological polar surface area (TPSA) is 256 Å². The first-order chi connectivity index (χ1) is 45.6. The Morgan fingerprint density at radius 1 is 0.319 bits per heavy atom. The average Bonchev–Trinajstić information content (AvgIpc) is 2.66. The van der Waals surface area contributed by atoms with E-state index < -0.39 is 76.8 Å². The maximum absolute atomic E-state index is 13.1. The molecule has 0 rings (SSSR count).